The minimum absolute atomic E-state index is 0.447. The number of benzene rings is 1. The number of fused-ring (bicyclic) bond motifs is 1. The molecule has 2 aliphatic rings. The lowest BCUT2D eigenvalue weighted by atomic mass is 9.98. The molecule has 1 saturated heterocycles. The van der Waals surface area contributed by atoms with Gasteiger partial charge >= 0.3 is 0 Å². The van der Waals surface area contributed by atoms with Gasteiger partial charge in [0.1, 0.15) is 5.75 Å². The van der Waals surface area contributed by atoms with E-state index < -0.39 is 0 Å². The van der Waals surface area contributed by atoms with Gasteiger partial charge in [-0.2, -0.15) is 0 Å². The normalized spacial score (nSPS) is 25.1. The molecule has 1 aromatic rings. The molecule has 0 saturated carbocycles. The van der Waals surface area contributed by atoms with Crippen molar-refractivity contribution in [1.82, 2.24) is 5.32 Å². The molecule has 92 valence electrons. The highest BCUT2D eigenvalue weighted by Crippen LogP contribution is 2.32. The van der Waals surface area contributed by atoms with Crippen molar-refractivity contribution in [2.45, 2.75) is 31.3 Å². The fourth-order valence-corrected chi connectivity index (χ4v) is 2.66. The molecule has 1 atom stereocenters. The third-order valence-electron chi connectivity index (χ3n) is 3.62. The largest absolute Gasteiger partial charge is 0.493 e. The molecule has 0 aromatic heterocycles. The second-order valence-electron chi connectivity index (χ2n) is 4.78. The van der Waals surface area contributed by atoms with Crippen LogP contribution in [-0.4, -0.2) is 25.9 Å². The van der Waals surface area contributed by atoms with E-state index >= 15 is 0 Å². The topological polar surface area (TPSA) is 30.5 Å². The van der Waals surface area contributed by atoms with Gasteiger partial charge in [-0.05, 0) is 18.9 Å². The van der Waals surface area contributed by atoms with Gasteiger partial charge in [0.15, 0.2) is 0 Å². The van der Waals surface area contributed by atoms with Crippen LogP contribution < -0.4 is 10.1 Å². The zero-order chi connectivity index (χ0) is 11.5. The van der Waals surface area contributed by atoms with E-state index in [9.17, 15) is 0 Å². The van der Waals surface area contributed by atoms with E-state index in [4.69, 9.17) is 9.47 Å². The van der Waals surface area contributed by atoms with Crippen LogP contribution in [0.1, 0.15) is 30.9 Å². The third kappa shape index (κ3) is 2.45. The highest BCUT2D eigenvalue weighted by molar-refractivity contribution is 5.37. The van der Waals surface area contributed by atoms with Crippen LogP contribution in [0.5, 0.6) is 5.75 Å². The number of rotatable bonds is 2. The number of hydrogen-bond donors (Lipinski definition) is 1. The molecule has 1 unspecified atom stereocenters. The van der Waals surface area contributed by atoms with E-state index in [1.807, 2.05) is 6.07 Å². The molecular formula is C14H19NO2. The van der Waals surface area contributed by atoms with Gasteiger partial charge < -0.3 is 14.8 Å². The lowest BCUT2D eigenvalue weighted by molar-refractivity contribution is 0.0727. The zero-order valence-electron chi connectivity index (χ0n) is 10.0. The Balaban J connectivity index is 1.71. The van der Waals surface area contributed by atoms with Crippen LogP contribution >= 0.6 is 0 Å². The van der Waals surface area contributed by atoms with Crippen molar-refractivity contribution < 1.29 is 9.47 Å². The molecule has 0 bridgehead atoms. The first-order valence-electron chi connectivity index (χ1n) is 6.49. The Morgan fingerprint density at radius 1 is 1.00 bits per heavy atom. The molecule has 1 N–H and O–H groups in total. The Bertz CT molecular complexity index is 374. The van der Waals surface area contributed by atoms with Gasteiger partial charge in [0.05, 0.1) is 6.61 Å². The smallest absolute Gasteiger partial charge is 0.124 e. The predicted molar refractivity (Wildman–Crippen MR) is 66.3 cm³/mol. The van der Waals surface area contributed by atoms with Crippen LogP contribution in [0.2, 0.25) is 0 Å². The molecule has 0 radical (unpaired) electrons. The summed E-state index contributed by atoms with van der Waals surface area (Å²) in [6, 6.07) is 9.41. The number of para-hydroxylation sites is 1. The van der Waals surface area contributed by atoms with Crippen molar-refractivity contribution in [3.8, 4) is 5.75 Å². The minimum Gasteiger partial charge on any atom is -0.493 e. The summed E-state index contributed by atoms with van der Waals surface area (Å²) in [4.78, 5) is 0. The van der Waals surface area contributed by atoms with Crippen molar-refractivity contribution in [3.63, 3.8) is 0 Å². The summed E-state index contributed by atoms with van der Waals surface area (Å²) in [6.45, 7) is 2.60. The number of nitrogens with one attached hydrogen (secondary N) is 1. The van der Waals surface area contributed by atoms with Crippen LogP contribution in [0.25, 0.3) is 0 Å². The van der Waals surface area contributed by atoms with Crippen molar-refractivity contribution in [3.05, 3.63) is 29.8 Å². The second kappa shape index (κ2) is 5.07. The molecule has 17 heavy (non-hydrogen) atoms. The summed E-state index contributed by atoms with van der Waals surface area (Å²) in [7, 11) is 0. The van der Waals surface area contributed by atoms with E-state index in [0.717, 1.165) is 44.8 Å². The van der Waals surface area contributed by atoms with Gasteiger partial charge in [0.25, 0.3) is 0 Å². The Hall–Kier alpha value is -1.06. The van der Waals surface area contributed by atoms with Crippen LogP contribution in [0.15, 0.2) is 24.3 Å². The highest BCUT2D eigenvalue weighted by atomic mass is 16.5. The predicted octanol–water partition coefficient (Wildman–Crippen LogP) is 2.28. The molecular weight excluding hydrogens is 214 g/mol. The van der Waals surface area contributed by atoms with E-state index in [1.54, 1.807) is 0 Å². The monoisotopic (exact) mass is 233 g/mol. The first kappa shape index (κ1) is 11.1. The van der Waals surface area contributed by atoms with Crippen LogP contribution in [0.3, 0.4) is 0 Å². The molecule has 0 aliphatic carbocycles. The van der Waals surface area contributed by atoms with Gasteiger partial charge in [-0.25, -0.2) is 0 Å². The lowest BCUT2D eigenvalue weighted by Crippen LogP contribution is -2.39. The Labute approximate surface area is 102 Å². The zero-order valence-corrected chi connectivity index (χ0v) is 10.0. The molecule has 2 aliphatic heterocycles. The summed E-state index contributed by atoms with van der Waals surface area (Å²) >= 11 is 0. The summed E-state index contributed by atoms with van der Waals surface area (Å²) in [5.41, 5.74) is 1.31. The minimum atomic E-state index is 0.447. The third-order valence-corrected chi connectivity index (χ3v) is 3.62. The molecule has 0 amide bonds. The Kier molecular flexibility index (Phi) is 3.29. The molecule has 3 rings (SSSR count). The first-order chi connectivity index (χ1) is 8.43. The summed E-state index contributed by atoms with van der Waals surface area (Å²) in [5, 5.41) is 3.75. The Morgan fingerprint density at radius 3 is 2.71 bits per heavy atom. The fourth-order valence-electron chi connectivity index (χ4n) is 2.66. The van der Waals surface area contributed by atoms with Crippen molar-refractivity contribution in [2.75, 3.05) is 19.8 Å². The Morgan fingerprint density at radius 2 is 1.82 bits per heavy atom. The molecule has 1 aromatic carbocycles. The van der Waals surface area contributed by atoms with Crippen LogP contribution in [-0.2, 0) is 4.74 Å². The van der Waals surface area contributed by atoms with Crippen LogP contribution in [0, 0.1) is 0 Å². The lowest BCUT2D eigenvalue weighted by Gasteiger charge is -2.32. The molecule has 3 nitrogen and oxygen atoms in total. The molecule has 2 heterocycles. The van der Waals surface area contributed by atoms with E-state index in [1.165, 1.54) is 5.56 Å². The van der Waals surface area contributed by atoms with Gasteiger partial charge in [-0.3, -0.25) is 0 Å². The van der Waals surface area contributed by atoms with E-state index in [-0.39, 0.29) is 0 Å². The van der Waals surface area contributed by atoms with Gasteiger partial charge in [-0.1, -0.05) is 18.2 Å². The van der Waals surface area contributed by atoms with Crippen molar-refractivity contribution in [2.24, 2.45) is 0 Å². The maximum atomic E-state index is 5.68. The molecule has 3 heteroatoms. The highest BCUT2D eigenvalue weighted by Gasteiger charge is 2.24. The SMILES string of the molecule is c1ccc2c(c1)OCCC2NC1CCOCC1. The first-order valence-corrected chi connectivity index (χ1v) is 6.49. The van der Waals surface area contributed by atoms with Gasteiger partial charge in [-0.15, -0.1) is 0 Å². The van der Waals surface area contributed by atoms with Gasteiger partial charge in [0.2, 0.25) is 0 Å². The average Bonchev–Trinajstić information content (AvgIpc) is 2.40. The quantitative estimate of drug-likeness (QED) is 0.850. The standard InChI is InChI=1S/C14H19NO2/c1-2-4-14-12(3-1)13(7-10-17-14)15-11-5-8-16-9-6-11/h1-4,11,13,15H,5-10H2. The molecule has 1 fully saturated rings. The van der Waals surface area contributed by atoms with E-state index in [0.29, 0.717) is 12.1 Å². The summed E-state index contributed by atoms with van der Waals surface area (Å²) in [5.74, 6) is 1.04. The van der Waals surface area contributed by atoms with Crippen LogP contribution in [0.4, 0.5) is 0 Å². The fraction of sp³-hybridized carbons (Fsp3) is 0.571. The summed E-state index contributed by atoms with van der Waals surface area (Å²) in [6.07, 6.45) is 3.31. The average molecular weight is 233 g/mol. The van der Waals surface area contributed by atoms with Crippen molar-refractivity contribution in [1.29, 1.82) is 0 Å². The number of ether oxygens (including phenoxy) is 2. The van der Waals surface area contributed by atoms with E-state index in [2.05, 4.69) is 23.5 Å². The van der Waals surface area contributed by atoms with Crippen molar-refractivity contribution >= 4 is 0 Å². The summed E-state index contributed by atoms with van der Waals surface area (Å²) < 4.78 is 11.1. The maximum Gasteiger partial charge on any atom is 0.124 e. The van der Waals surface area contributed by atoms with Gasteiger partial charge in [0, 0.05) is 37.3 Å². The second-order valence-corrected chi connectivity index (χ2v) is 4.78. The number of hydrogen-bond acceptors (Lipinski definition) is 3. The molecule has 0 spiro atoms. The maximum absolute atomic E-state index is 5.68.